The quantitative estimate of drug-likeness (QED) is 0.521. The number of nitrogens with one attached hydrogen (secondary N) is 1. The van der Waals surface area contributed by atoms with E-state index in [1.54, 1.807) is 18.7 Å². The van der Waals surface area contributed by atoms with Gasteiger partial charge in [0.2, 0.25) is 0 Å². The summed E-state index contributed by atoms with van der Waals surface area (Å²) in [5.41, 5.74) is 1.11. The molecular weight excluding hydrogens is 378 g/mol. The van der Waals surface area contributed by atoms with Crippen molar-refractivity contribution in [3.63, 3.8) is 0 Å². The zero-order valence-corrected chi connectivity index (χ0v) is 16.7. The number of thioether (sulfide) groups is 1. The maximum Gasteiger partial charge on any atom is 0.260 e. The van der Waals surface area contributed by atoms with Crippen molar-refractivity contribution in [3.8, 4) is 5.75 Å². The summed E-state index contributed by atoms with van der Waals surface area (Å²) in [6.07, 6.45) is -0.552. The van der Waals surface area contributed by atoms with Crippen molar-refractivity contribution in [1.82, 2.24) is 5.32 Å². The van der Waals surface area contributed by atoms with Crippen LogP contribution in [0.15, 0.2) is 66.7 Å². The molecule has 0 aromatic heterocycles. The van der Waals surface area contributed by atoms with Crippen LogP contribution in [0.4, 0.5) is 0 Å². The van der Waals surface area contributed by atoms with E-state index in [1.807, 2.05) is 66.7 Å². The molecule has 5 heteroatoms. The van der Waals surface area contributed by atoms with E-state index in [0.29, 0.717) is 6.54 Å². The second-order valence-electron chi connectivity index (χ2n) is 6.17. The topological polar surface area (TPSA) is 38.3 Å². The Morgan fingerprint density at radius 3 is 2.67 bits per heavy atom. The molecule has 0 heterocycles. The van der Waals surface area contributed by atoms with Gasteiger partial charge in [0.25, 0.3) is 5.91 Å². The van der Waals surface area contributed by atoms with Gasteiger partial charge in [-0.2, -0.15) is 11.8 Å². The van der Waals surface area contributed by atoms with Crippen LogP contribution in [0.1, 0.15) is 12.5 Å². The monoisotopic (exact) mass is 399 g/mol. The number of amides is 1. The van der Waals surface area contributed by atoms with Crippen molar-refractivity contribution in [2.75, 3.05) is 12.3 Å². The zero-order valence-electron chi connectivity index (χ0n) is 15.2. The maximum absolute atomic E-state index is 12.3. The van der Waals surface area contributed by atoms with E-state index in [0.717, 1.165) is 38.6 Å². The Labute approximate surface area is 169 Å². The average Bonchev–Trinajstić information content (AvgIpc) is 2.69. The highest BCUT2D eigenvalue weighted by atomic mass is 35.5. The molecule has 3 aromatic carbocycles. The molecule has 0 saturated heterocycles. The molecule has 0 bridgehead atoms. The van der Waals surface area contributed by atoms with Gasteiger partial charge >= 0.3 is 0 Å². The van der Waals surface area contributed by atoms with Crippen molar-refractivity contribution >= 4 is 40.0 Å². The molecule has 0 saturated carbocycles. The summed E-state index contributed by atoms with van der Waals surface area (Å²) < 4.78 is 5.90. The van der Waals surface area contributed by atoms with E-state index in [9.17, 15) is 4.79 Å². The number of hydrogen-bond donors (Lipinski definition) is 1. The molecule has 0 aliphatic rings. The third-order valence-corrected chi connectivity index (χ3v) is 5.56. The molecule has 1 amide bonds. The fourth-order valence-corrected chi connectivity index (χ4v) is 3.87. The highest BCUT2D eigenvalue weighted by Crippen LogP contribution is 2.26. The standard InChI is InChI=1S/C22H22ClNO2S/c1-16(26-21-12-6-9-17-7-2-4-10-19(17)21)22(25)24-13-14-27-15-18-8-3-5-11-20(18)23/h2-12,16H,13-15H2,1H3,(H,24,25)/t16-/m1/s1. The van der Waals surface area contributed by atoms with Gasteiger partial charge in [0.05, 0.1) is 0 Å². The third-order valence-electron chi connectivity index (χ3n) is 4.18. The summed E-state index contributed by atoms with van der Waals surface area (Å²) in [5, 5.41) is 5.82. The fourth-order valence-electron chi connectivity index (χ4n) is 2.73. The molecule has 3 aromatic rings. The molecule has 0 fully saturated rings. The Morgan fingerprint density at radius 2 is 1.81 bits per heavy atom. The number of carbonyl (C=O) groups excluding carboxylic acids is 1. The SMILES string of the molecule is C[C@@H](Oc1cccc2ccccc12)C(=O)NCCSCc1ccccc1Cl. The van der Waals surface area contributed by atoms with Crippen molar-refractivity contribution in [1.29, 1.82) is 0 Å². The third kappa shape index (κ3) is 5.41. The summed E-state index contributed by atoms with van der Waals surface area (Å²) in [6, 6.07) is 21.7. The molecule has 1 N–H and O–H groups in total. The normalized spacial score (nSPS) is 11.9. The van der Waals surface area contributed by atoms with Crippen LogP contribution >= 0.6 is 23.4 Å². The Balaban J connectivity index is 1.44. The van der Waals surface area contributed by atoms with Crippen LogP contribution < -0.4 is 10.1 Å². The van der Waals surface area contributed by atoms with Crippen LogP contribution in [0.2, 0.25) is 5.02 Å². The van der Waals surface area contributed by atoms with Gasteiger partial charge in [-0.3, -0.25) is 4.79 Å². The fraction of sp³-hybridized carbons (Fsp3) is 0.227. The summed E-state index contributed by atoms with van der Waals surface area (Å²) in [6.45, 7) is 2.37. The number of ether oxygens (including phenoxy) is 1. The number of benzene rings is 3. The van der Waals surface area contributed by atoms with Crippen molar-refractivity contribution in [2.45, 2.75) is 18.8 Å². The predicted molar refractivity (Wildman–Crippen MR) is 115 cm³/mol. The predicted octanol–water partition coefficient (Wildman–Crippen LogP) is 5.31. The molecule has 0 radical (unpaired) electrons. The molecule has 3 rings (SSSR count). The second-order valence-corrected chi connectivity index (χ2v) is 7.68. The molecule has 1 atom stereocenters. The van der Waals surface area contributed by atoms with Gasteiger partial charge < -0.3 is 10.1 Å². The Hall–Kier alpha value is -2.17. The lowest BCUT2D eigenvalue weighted by Crippen LogP contribution is -2.37. The maximum atomic E-state index is 12.3. The molecule has 0 aliphatic carbocycles. The van der Waals surface area contributed by atoms with Gasteiger partial charge in [0.1, 0.15) is 5.75 Å². The zero-order chi connectivity index (χ0) is 19.1. The van der Waals surface area contributed by atoms with Gasteiger partial charge in [0.15, 0.2) is 6.10 Å². The van der Waals surface area contributed by atoms with Crippen LogP contribution in [-0.4, -0.2) is 24.3 Å². The first-order chi connectivity index (χ1) is 13.1. The molecular formula is C22H22ClNO2S. The first-order valence-corrected chi connectivity index (χ1v) is 10.4. The lowest BCUT2D eigenvalue weighted by molar-refractivity contribution is -0.127. The minimum Gasteiger partial charge on any atom is -0.480 e. The lowest BCUT2D eigenvalue weighted by Gasteiger charge is -2.16. The number of fused-ring (bicyclic) bond motifs is 1. The van der Waals surface area contributed by atoms with E-state index in [1.165, 1.54) is 0 Å². The molecule has 27 heavy (non-hydrogen) atoms. The summed E-state index contributed by atoms with van der Waals surface area (Å²) in [4.78, 5) is 12.3. The van der Waals surface area contributed by atoms with E-state index in [2.05, 4.69) is 5.32 Å². The van der Waals surface area contributed by atoms with Crippen LogP contribution in [0.3, 0.4) is 0 Å². The van der Waals surface area contributed by atoms with Crippen LogP contribution in [0.5, 0.6) is 5.75 Å². The minimum atomic E-state index is -0.552. The van der Waals surface area contributed by atoms with E-state index < -0.39 is 6.10 Å². The van der Waals surface area contributed by atoms with E-state index in [4.69, 9.17) is 16.3 Å². The smallest absolute Gasteiger partial charge is 0.260 e. The van der Waals surface area contributed by atoms with Gasteiger partial charge in [-0.1, -0.05) is 66.2 Å². The summed E-state index contributed by atoms with van der Waals surface area (Å²) in [7, 11) is 0. The Morgan fingerprint density at radius 1 is 1.07 bits per heavy atom. The van der Waals surface area contributed by atoms with Gasteiger partial charge in [-0.25, -0.2) is 0 Å². The average molecular weight is 400 g/mol. The van der Waals surface area contributed by atoms with Crippen LogP contribution in [-0.2, 0) is 10.5 Å². The highest BCUT2D eigenvalue weighted by Gasteiger charge is 2.15. The minimum absolute atomic E-state index is 0.110. The second kappa shape index (κ2) is 9.67. The lowest BCUT2D eigenvalue weighted by atomic mass is 10.1. The molecule has 0 aliphatic heterocycles. The first-order valence-electron chi connectivity index (χ1n) is 8.88. The molecule has 140 valence electrons. The molecule has 0 unspecified atom stereocenters. The Kier molecular flexibility index (Phi) is 7.02. The van der Waals surface area contributed by atoms with Gasteiger partial charge in [-0.15, -0.1) is 0 Å². The largest absolute Gasteiger partial charge is 0.480 e. The van der Waals surface area contributed by atoms with Gasteiger partial charge in [0, 0.05) is 28.5 Å². The van der Waals surface area contributed by atoms with Gasteiger partial charge in [-0.05, 0) is 30.0 Å². The van der Waals surface area contributed by atoms with Crippen LogP contribution in [0.25, 0.3) is 10.8 Å². The summed E-state index contributed by atoms with van der Waals surface area (Å²) in [5.74, 6) is 2.26. The number of rotatable bonds is 8. The Bertz CT molecular complexity index is 910. The van der Waals surface area contributed by atoms with Crippen LogP contribution in [0, 0.1) is 0 Å². The van der Waals surface area contributed by atoms with Crippen molar-refractivity contribution < 1.29 is 9.53 Å². The van der Waals surface area contributed by atoms with E-state index in [-0.39, 0.29) is 5.91 Å². The number of carbonyl (C=O) groups is 1. The first kappa shape index (κ1) is 19.6. The summed E-state index contributed by atoms with van der Waals surface area (Å²) >= 11 is 7.89. The van der Waals surface area contributed by atoms with E-state index >= 15 is 0 Å². The highest BCUT2D eigenvalue weighted by molar-refractivity contribution is 7.98. The molecule has 0 spiro atoms. The molecule has 3 nitrogen and oxygen atoms in total. The number of hydrogen-bond acceptors (Lipinski definition) is 3. The van der Waals surface area contributed by atoms with Crippen molar-refractivity contribution in [2.24, 2.45) is 0 Å². The number of halogens is 1. The van der Waals surface area contributed by atoms with Crippen molar-refractivity contribution in [3.05, 3.63) is 77.3 Å².